The van der Waals surface area contributed by atoms with Crippen molar-refractivity contribution < 1.29 is 4.74 Å². The molecule has 0 aliphatic rings. The average molecular weight is 192 g/mol. The molecule has 0 unspecified atom stereocenters. The molecule has 1 rings (SSSR count). The first-order valence-corrected chi connectivity index (χ1v) is 4.64. The highest BCUT2D eigenvalue weighted by molar-refractivity contribution is 5.52. The van der Waals surface area contributed by atoms with Crippen molar-refractivity contribution in [2.45, 2.75) is 13.8 Å². The quantitative estimate of drug-likeness (QED) is 0.540. The molecule has 0 bridgehead atoms. The molecule has 3 nitrogen and oxygen atoms in total. The van der Waals surface area contributed by atoms with Gasteiger partial charge >= 0.3 is 0 Å². The van der Waals surface area contributed by atoms with Crippen LogP contribution in [0.3, 0.4) is 0 Å². The molecular weight excluding hydrogens is 176 g/mol. The fraction of sp³-hybridized carbons (Fsp3) is 0.364. The van der Waals surface area contributed by atoms with Gasteiger partial charge in [0.1, 0.15) is 5.76 Å². The van der Waals surface area contributed by atoms with Crippen molar-refractivity contribution in [3.05, 3.63) is 36.1 Å². The van der Waals surface area contributed by atoms with Gasteiger partial charge in [-0.2, -0.15) is 0 Å². The lowest BCUT2D eigenvalue weighted by molar-refractivity contribution is 0.246. The summed E-state index contributed by atoms with van der Waals surface area (Å²) in [4.78, 5) is 4.24. The second-order valence-corrected chi connectivity index (χ2v) is 3.01. The predicted octanol–water partition coefficient (Wildman–Crippen LogP) is 2.29. The van der Waals surface area contributed by atoms with Gasteiger partial charge in [0, 0.05) is 18.8 Å². The van der Waals surface area contributed by atoms with E-state index >= 15 is 0 Å². The highest BCUT2D eigenvalue weighted by atomic mass is 16.5. The molecule has 3 heteroatoms. The molecule has 76 valence electrons. The summed E-state index contributed by atoms with van der Waals surface area (Å²) in [5, 5.41) is 0. The Balaban J connectivity index is 2.94. The van der Waals surface area contributed by atoms with Gasteiger partial charge in [0.05, 0.1) is 18.6 Å². The van der Waals surface area contributed by atoms with Crippen molar-refractivity contribution in [3.8, 4) is 0 Å². The number of allylic oxidation sites excluding steroid dienone is 1. The van der Waals surface area contributed by atoms with Gasteiger partial charge in [-0.1, -0.05) is 6.58 Å². The molecule has 1 aromatic heterocycles. The third kappa shape index (κ3) is 2.25. The summed E-state index contributed by atoms with van der Waals surface area (Å²) in [6.07, 6.45) is 5.37. The van der Waals surface area contributed by atoms with Gasteiger partial charge in [0.2, 0.25) is 0 Å². The van der Waals surface area contributed by atoms with Crippen LogP contribution in [0.2, 0.25) is 0 Å². The molecule has 1 aromatic rings. The van der Waals surface area contributed by atoms with E-state index in [4.69, 9.17) is 4.74 Å². The lowest BCUT2D eigenvalue weighted by atomic mass is 10.3. The van der Waals surface area contributed by atoms with Gasteiger partial charge in [0.15, 0.2) is 0 Å². The molecule has 0 saturated carbocycles. The lowest BCUT2D eigenvalue weighted by Gasteiger charge is -2.02. The average Bonchev–Trinajstić information content (AvgIpc) is 2.49. The van der Waals surface area contributed by atoms with Gasteiger partial charge in [-0.25, -0.2) is 4.98 Å². The van der Waals surface area contributed by atoms with Crippen molar-refractivity contribution in [1.29, 1.82) is 0 Å². The summed E-state index contributed by atoms with van der Waals surface area (Å²) in [7, 11) is 1.97. The van der Waals surface area contributed by atoms with Crippen molar-refractivity contribution in [2.24, 2.45) is 7.05 Å². The standard InChI is InChI=1S/C11H16N2O/c1-5-10(14-6-2)7-11-9(3)13(4)8-12-11/h5,7-8H,1,6H2,2-4H3/b10-7+. The number of aryl methyl sites for hydroxylation is 1. The van der Waals surface area contributed by atoms with Crippen LogP contribution >= 0.6 is 0 Å². The smallest absolute Gasteiger partial charge is 0.120 e. The maximum absolute atomic E-state index is 5.35. The van der Waals surface area contributed by atoms with E-state index in [1.165, 1.54) is 0 Å². The zero-order valence-corrected chi connectivity index (χ0v) is 8.95. The van der Waals surface area contributed by atoms with E-state index in [9.17, 15) is 0 Å². The number of imidazole rings is 1. The summed E-state index contributed by atoms with van der Waals surface area (Å²) in [6, 6.07) is 0. The molecule has 0 radical (unpaired) electrons. The van der Waals surface area contributed by atoms with E-state index in [-0.39, 0.29) is 0 Å². The third-order valence-electron chi connectivity index (χ3n) is 2.06. The second kappa shape index (κ2) is 4.65. The Morgan fingerprint density at radius 2 is 2.43 bits per heavy atom. The predicted molar refractivity (Wildman–Crippen MR) is 57.7 cm³/mol. The summed E-state index contributed by atoms with van der Waals surface area (Å²) >= 11 is 0. The SMILES string of the molecule is C=C/C(=C\c1ncn(C)c1C)OCC. The number of aromatic nitrogens is 2. The Hall–Kier alpha value is -1.51. The first kappa shape index (κ1) is 10.6. The van der Waals surface area contributed by atoms with Gasteiger partial charge < -0.3 is 9.30 Å². The minimum atomic E-state index is 0.643. The summed E-state index contributed by atoms with van der Waals surface area (Å²) < 4.78 is 7.32. The second-order valence-electron chi connectivity index (χ2n) is 3.01. The molecular formula is C11H16N2O. The molecule has 0 saturated heterocycles. The highest BCUT2D eigenvalue weighted by Crippen LogP contribution is 2.11. The number of nitrogens with zero attached hydrogens (tertiary/aromatic N) is 2. The van der Waals surface area contributed by atoms with Gasteiger partial charge in [-0.15, -0.1) is 0 Å². The van der Waals surface area contributed by atoms with E-state index < -0.39 is 0 Å². The van der Waals surface area contributed by atoms with Crippen LogP contribution in [0, 0.1) is 6.92 Å². The zero-order chi connectivity index (χ0) is 10.6. The van der Waals surface area contributed by atoms with Gasteiger partial charge in [-0.05, 0) is 19.9 Å². The van der Waals surface area contributed by atoms with E-state index in [1.807, 2.05) is 31.5 Å². The normalized spacial score (nSPS) is 11.5. The number of rotatable bonds is 4. The first-order chi connectivity index (χ1) is 6.69. The maximum Gasteiger partial charge on any atom is 0.120 e. The van der Waals surface area contributed by atoms with Gasteiger partial charge in [-0.3, -0.25) is 0 Å². The first-order valence-electron chi connectivity index (χ1n) is 4.64. The van der Waals surface area contributed by atoms with Crippen LogP contribution in [-0.2, 0) is 11.8 Å². The van der Waals surface area contributed by atoms with Crippen LogP contribution in [0.4, 0.5) is 0 Å². The van der Waals surface area contributed by atoms with Crippen LogP contribution in [-0.4, -0.2) is 16.2 Å². The third-order valence-corrected chi connectivity index (χ3v) is 2.06. The molecule has 0 atom stereocenters. The number of hydrogen-bond donors (Lipinski definition) is 0. The topological polar surface area (TPSA) is 27.1 Å². The Morgan fingerprint density at radius 3 is 2.86 bits per heavy atom. The minimum Gasteiger partial charge on any atom is -0.494 e. The Kier molecular flexibility index (Phi) is 3.51. The molecule has 1 heterocycles. The van der Waals surface area contributed by atoms with E-state index in [0.717, 1.165) is 17.1 Å². The minimum absolute atomic E-state index is 0.643. The van der Waals surface area contributed by atoms with Crippen molar-refractivity contribution >= 4 is 6.08 Å². The molecule has 0 aliphatic carbocycles. The number of ether oxygens (including phenoxy) is 1. The largest absolute Gasteiger partial charge is 0.494 e. The zero-order valence-electron chi connectivity index (χ0n) is 8.95. The molecule has 0 aromatic carbocycles. The lowest BCUT2D eigenvalue weighted by Crippen LogP contribution is -1.91. The van der Waals surface area contributed by atoms with Crippen LogP contribution in [0.5, 0.6) is 0 Å². The molecule has 0 spiro atoms. The van der Waals surface area contributed by atoms with Crippen molar-refractivity contribution in [3.63, 3.8) is 0 Å². The van der Waals surface area contributed by atoms with Gasteiger partial charge in [0.25, 0.3) is 0 Å². The number of hydrogen-bond acceptors (Lipinski definition) is 2. The fourth-order valence-corrected chi connectivity index (χ4v) is 1.11. The molecule has 0 amide bonds. The Bertz CT molecular complexity index is 350. The van der Waals surface area contributed by atoms with E-state index in [2.05, 4.69) is 11.6 Å². The van der Waals surface area contributed by atoms with Crippen LogP contribution in [0.15, 0.2) is 24.7 Å². The van der Waals surface area contributed by atoms with Crippen molar-refractivity contribution in [2.75, 3.05) is 6.61 Å². The molecule has 14 heavy (non-hydrogen) atoms. The van der Waals surface area contributed by atoms with Crippen LogP contribution < -0.4 is 0 Å². The monoisotopic (exact) mass is 192 g/mol. The fourth-order valence-electron chi connectivity index (χ4n) is 1.11. The molecule has 0 aliphatic heterocycles. The van der Waals surface area contributed by atoms with Crippen LogP contribution in [0.25, 0.3) is 6.08 Å². The van der Waals surface area contributed by atoms with Crippen LogP contribution in [0.1, 0.15) is 18.3 Å². The highest BCUT2D eigenvalue weighted by Gasteiger charge is 2.01. The molecule has 0 N–H and O–H groups in total. The van der Waals surface area contributed by atoms with E-state index in [1.54, 1.807) is 12.4 Å². The van der Waals surface area contributed by atoms with Crippen molar-refractivity contribution in [1.82, 2.24) is 9.55 Å². The Morgan fingerprint density at radius 1 is 1.71 bits per heavy atom. The molecule has 0 fully saturated rings. The summed E-state index contributed by atoms with van der Waals surface area (Å²) in [6.45, 7) is 8.29. The summed E-state index contributed by atoms with van der Waals surface area (Å²) in [5.74, 6) is 0.759. The summed E-state index contributed by atoms with van der Waals surface area (Å²) in [5.41, 5.74) is 2.04. The van der Waals surface area contributed by atoms with E-state index in [0.29, 0.717) is 6.61 Å². The Labute approximate surface area is 84.7 Å². The maximum atomic E-state index is 5.35.